The first-order chi connectivity index (χ1) is 5.61. The monoisotopic (exact) mass is 228 g/mol. The standard InChI is InChI=1S/C8H6Cl2O2.Na.H/c1-5(11)12-8-6(9)3-2-4-7(8)10;;/h2-4H,1H3;;/q;+1;-1. The van der Waals surface area contributed by atoms with Crippen LogP contribution in [-0.4, -0.2) is 5.97 Å². The van der Waals surface area contributed by atoms with Crippen LogP contribution in [0.2, 0.25) is 10.0 Å². The molecule has 0 aliphatic heterocycles. The van der Waals surface area contributed by atoms with E-state index < -0.39 is 5.97 Å². The van der Waals surface area contributed by atoms with Crippen LogP contribution in [0, 0.1) is 0 Å². The Balaban J connectivity index is 0. The molecule has 66 valence electrons. The van der Waals surface area contributed by atoms with Crippen molar-refractivity contribution in [2.75, 3.05) is 0 Å². The fourth-order valence-electron chi connectivity index (χ4n) is 0.724. The molecule has 1 aromatic rings. The van der Waals surface area contributed by atoms with E-state index in [0.717, 1.165) is 0 Å². The molecule has 2 nitrogen and oxygen atoms in total. The number of esters is 1. The maximum atomic E-state index is 10.6. The molecular formula is C8H7Cl2NaO2. The van der Waals surface area contributed by atoms with Crippen molar-refractivity contribution < 1.29 is 40.5 Å². The van der Waals surface area contributed by atoms with Crippen LogP contribution in [0.25, 0.3) is 0 Å². The van der Waals surface area contributed by atoms with E-state index in [1.807, 2.05) is 0 Å². The van der Waals surface area contributed by atoms with Gasteiger partial charge in [0, 0.05) is 6.92 Å². The van der Waals surface area contributed by atoms with E-state index >= 15 is 0 Å². The molecule has 0 heterocycles. The Morgan fingerprint density at radius 3 is 2.23 bits per heavy atom. The van der Waals surface area contributed by atoms with E-state index in [9.17, 15) is 4.79 Å². The van der Waals surface area contributed by atoms with Crippen LogP contribution in [0.5, 0.6) is 5.75 Å². The zero-order chi connectivity index (χ0) is 9.14. The summed E-state index contributed by atoms with van der Waals surface area (Å²) in [6.45, 7) is 1.29. The minimum Gasteiger partial charge on any atom is -1.00 e. The Morgan fingerprint density at radius 2 is 1.85 bits per heavy atom. The molecule has 1 aromatic carbocycles. The minimum atomic E-state index is -0.440. The van der Waals surface area contributed by atoms with E-state index in [1.165, 1.54) is 6.92 Å². The van der Waals surface area contributed by atoms with Crippen molar-refractivity contribution >= 4 is 29.2 Å². The molecule has 0 spiro atoms. The molecule has 5 heteroatoms. The Kier molecular flexibility index (Phi) is 6.01. The largest absolute Gasteiger partial charge is 1.00 e. The van der Waals surface area contributed by atoms with E-state index in [2.05, 4.69) is 0 Å². The maximum absolute atomic E-state index is 10.6. The number of halogens is 2. The molecule has 0 radical (unpaired) electrons. The van der Waals surface area contributed by atoms with Gasteiger partial charge < -0.3 is 6.16 Å². The van der Waals surface area contributed by atoms with Crippen LogP contribution in [0.15, 0.2) is 18.2 Å². The predicted octanol–water partition coefficient (Wildman–Crippen LogP) is 0.0352. The fraction of sp³-hybridized carbons (Fsp3) is 0.125. The van der Waals surface area contributed by atoms with Crippen molar-refractivity contribution in [1.29, 1.82) is 0 Å². The number of carbonyl (C=O) groups excluding carboxylic acids is 1. The molecule has 0 N–H and O–H groups in total. The Bertz CT molecular complexity index is 300. The van der Waals surface area contributed by atoms with Gasteiger partial charge in [0.1, 0.15) is 0 Å². The van der Waals surface area contributed by atoms with E-state index in [1.54, 1.807) is 18.2 Å². The second kappa shape index (κ2) is 5.89. The summed E-state index contributed by atoms with van der Waals surface area (Å²) < 4.78 is 4.77. The summed E-state index contributed by atoms with van der Waals surface area (Å²) >= 11 is 11.4. The molecule has 0 saturated carbocycles. The van der Waals surface area contributed by atoms with Crippen LogP contribution >= 0.6 is 23.2 Å². The molecule has 0 aliphatic carbocycles. The first kappa shape index (κ1) is 13.3. The third-order valence-electron chi connectivity index (χ3n) is 1.16. The summed E-state index contributed by atoms with van der Waals surface area (Å²) in [5.74, 6) is -0.224. The van der Waals surface area contributed by atoms with Gasteiger partial charge in [-0.15, -0.1) is 0 Å². The Labute approximate surface area is 110 Å². The first-order valence-electron chi connectivity index (χ1n) is 3.23. The minimum absolute atomic E-state index is 0. The predicted molar refractivity (Wildman–Crippen MR) is 48.9 cm³/mol. The summed E-state index contributed by atoms with van der Waals surface area (Å²) in [4.78, 5) is 10.6. The van der Waals surface area contributed by atoms with Gasteiger partial charge in [0.05, 0.1) is 10.0 Å². The van der Waals surface area contributed by atoms with E-state index in [4.69, 9.17) is 27.9 Å². The van der Waals surface area contributed by atoms with Crippen molar-refractivity contribution in [3.05, 3.63) is 28.2 Å². The van der Waals surface area contributed by atoms with Gasteiger partial charge in [-0.25, -0.2) is 0 Å². The molecule has 0 fully saturated rings. The van der Waals surface area contributed by atoms with Crippen molar-refractivity contribution in [1.82, 2.24) is 0 Å². The molecule has 0 atom stereocenters. The molecule has 13 heavy (non-hydrogen) atoms. The second-order valence-electron chi connectivity index (χ2n) is 2.14. The molecule has 0 saturated heterocycles. The quantitative estimate of drug-likeness (QED) is 0.386. The number of carbonyl (C=O) groups is 1. The molecule has 0 aliphatic rings. The number of hydrogen-bond donors (Lipinski definition) is 0. The van der Waals surface area contributed by atoms with E-state index in [0.29, 0.717) is 10.0 Å². The second-order valence-corrected chi connectivity index (χ2v) is 2.96. The van der Waals surface area contributed by atoms with Gasteiger partial charge in [-0.3, -0.25) is 4.79 Å². The van der Waals surface area contributed by atoms with Gasteiger partial charge >= 0.3 is 35.5 Å². The van der Waals surface area contributed by atoms with Crippen molar-refractivity contribution in [2.24, 2.45) is 0 Å². The summed E-state index contributed by atoms with van der Waals surface area (Å²) in [5.41, 5.74) is 0. The van der Waals surface area contributed by atoms with Crippen molar-refractivity contribution in [2.45, 2.75) is 6.92 Å². The topological polar surface area (TPSA) is 26.3 Å². The van der Waals surface area contributed by atoms with Crippen LogP contribution in [-0.2, 0) is 4.79 Å². The van der Waals surface area contributed by atoms with Crippen LogP contribution < -0.4 is 34.3 Å². The van der Waals surface area contributed by atoms with Crippen LogP contribution in [0.1, 0.15) is 8.35 Å². The van der Waals surface area contributed by atoms with Gasteiger partial charge in [0.25, 0.3) is 0 Å². The number of hydrogen-bond acceptors (Lipinski definition) is 2. The molecule has 0 bridgehead atoms. The van der Waals surface area contributed by atoms with E-state index in [-0.39, 0.29) is 36.7 Å². The number of ether oxygens (including phenoxy) is 1. The normalized spacial score (nSPS) is 8.85. The summed E-state index contributed by atoms with van der Waals surface area (Å²) in [6.07, 6.45) is 0. The zero-order valence-electron chi connectivity index (χ0n) is 8.30. The summed E-state index contributed by atoms with van der Waals surface area (Å²) in [5, 5.41) is 0.662. The molecular weight excluding hydrogens is 222 g/mol. The zero-order valence-corrected chi connectivity index (χ0v) is 10.8. The summed E-state index contributed by atoms with van der Waals surface area (Å²) in [6, 6.07) is 4.88. The molecule has 1 rings (SSSR count). The average Bonchev–Trinajstić information content (AvgIpc) is 1.97. The smallest absolute Gasteiger partial charge is 1.00 e. The third-order valence-corrected chi connectivity index (χ3v) is 1.76. The van der Waals surface area contributed by atoms with Gasteiger partial charge in [0.15, 0.2) is 5.75 Å². The first-order valence-corrected chi connectivity index (χ1v) is 3.99. The van der Waals surface area contributed by atoms with Gasteiger partial charge in [-0.1, -0.05) is 29.3 Å². The van der Waals surface area contributed by atoms with Crippen LogP contribution in [0.4, 0.5) is 0 Å². The Hall–Kier alpha value is 0.270. The fourth-order valence-corrected chi connectivity index (χ4v) is 1.20. The van der Waals surface area contributed by atoms with Gasteiger partial charge in [-0.05, 0) is 12.1 Å². The SMILES string of the molecule is CC(=O)Oc1c(Cl)cccc1Cl.[H-].[Na+]. The van der Waals surface area contributed by atoms with Gasteiger partial charge in [-0.2, -0.15) is 0 Å². The molecule has 0 amide bonds. The molecule has 0 unspecified atom stereocenters. The van der Waals surface area contributed by atoms with Gasteiger partial charge in [0.2, 0.25) is 0 Å². The third kappa shape index (κ3) is 3.88. The number of benzene rings is 1. The Morgan fingerprint density at radius 1 is 1.38 bits per heavy atom. The number of para-hydroxylation sites is 1. The van der Waals surface area contributed by atoms with Crippen molar-refractivity contribution in [3.63, 3.8) is 0 Å². The number of rotatable bonds is 1. The average molecular weight is 229 g/mol. The van der Waals surface area contributed by atoms with Crippen LogP contribution in [0.3, 0.4) is 0 Å². The molecule has 0 aromatic heterocycles. The summed E-state index contributed by atoms with van der Waals surface area (Å²) in [7, 11) is 0. The van der Waals surface area contributed by atoms with Crippen molar-refractivity contribution in [3.8, 4) is 5.75 Å². The maximum Gasteiger partial charge on any atom is 1.00 e.